The van der Waals surface area contributed by atoms with E-state index in [9.17, 15) is 19.2 Å². The smallest absolute Gasteiger partial charge is 0.339 e. The van der Waals surface area contributed by atoms with Gasteiger partial charge >= 0.3 is 5.97 Å². The predicted octanol–water partition coefficient (Wildman–Crippen LogP) is 0.817. The average Bonchev–Trinajstić information content (AvgIpc) is 3.06. The lowest BCUT2D eigenvalue weighted by Gasteiger charge is -2.07. The maximum Gasteiger partial charge on any atom is 0.339 e. The van der Waals surface area contributed by atoms with E-state index in [4.69, 9.17) is 10.5 Å². The van der Waals surface area contributed by atoms with Gasteiger partial charge in [-0.3, -0.25) is 14.4 Å². The normalized spacial score (nSPS) is 10.3. The Balaban J connectivity index is 2.04. The summed E-state index contributed by atoms with van der Waals surface area (Å²) in [5, 5.41) is 5.18. The minimum Gasteiger partial charge on any atom is -0.465 e. The van der Waals surface area contributed by atoms with Gasteiger partial charge in [0.2, 0.25) is 5.91 Å². The highest BCUT2D eigenvalue weighted by molar-refractivity contribution is 6.00. The Labute approximate surface area is 168 Å². The Morgan fingerprint density at radius 1 is 1.07 bits per heavy atom. The van der Waals surface area contributed by atoms with Crippen LogP contribution in [0.2, 0.25) is 0 Å². The van der Waals surface area contributed by atoms with Crippen LogP contribution in [0.15, 0.2) is 24.3 Å². The number of carbonyl (C=O) groups is 4. The monoisotopic (exact) mass is 400 g/mol. The fourth-order valence-electron chi connectivity index (χ4n) is 2.84. The van der Waals surface area contributed by atoms with Crippen molar-refractivity contribution < 1.29 is 23.9 Å². The molecule has 0 saturated carbocycles. The van der Waals surface area contributed by atoms with Gasteiger partial charge in [0, 0.05) is 17.8 Å². The van der Waals surface area contributed by atoms with Crippen molar-refractivity contribution >= 4 is 23.7 Å². The van der Waals surface area contributed by atoms with Gasteiger partial charge in [-0.1, -0.05) is 19.1 Å². The van der Waals surface area contributed by atoms with Gasteiger partial charge in [0.1, 0.15) is 5.69 Å². The number of primary amides is 1. The van der Waals surface area contributed by atoms with Gasteiger partial charge in [0.15, 0.2) is 0 Å². The van der Waals surface area contributed by atoms with Gasteiger partial charge in [0.05, 0.1) is 19.2 Å². The molecule has 0 fully saturated rings. The van der Waals surface area contributed by atoms with E-state index in [2.05, 4.69) is 15.6 Å². The summed E-state index contributed by atoms with van der Waals surface area (Å²) in [6, 6.07) is 6.56. The molecule has 1 aromatic heterocycles. The summed E-state index contributed by atoms with van der Waals surface area (Å²) >= 11 is 0. The summed E-state index contributed by atoms with van der Waals surface area (Å²) in [5.41, 5.74) is 8.01. The van der Waals surface area contributed by atoms with E-state index < -0.39 is 17.8 Å². The molecular weight excluding hydrogens is 376 g/mol. The molecule has 2 aromatic rings. The molecule has 2 rings (SSSR count). The topological polar surface area (TPSA) is 143 Å². The van der Waals surface area contributed by atoms with Crippen molar-refractivity contribution in [3.63, 3.8) is 0 Å². The zero-order valence-electron chi connectivity index (χ0n) is 16.5. The molecule has 0 aliphatic carbocycles. The van der Waals surface area contributed by atoms with Crippen LogP contribution in [0.1, 0.15) is 54.9 Å². The quantitative estimate of drug-likeness (QED) is 0.485. The number of nitrogens with one attached hydrogen (secondary N) is 3. The third-order valence-electron chi connectivity index (χ3n) is 4.39. The Bertz CT molecular complexity index is 931. The molecule has 3 amide bonds. The van der Waals surface area contributed by atoms with Crippen molar-refractivity contribution in [2.75, 3.05) is 13.7 Å². The molecule has 0 bridgehead atoms. The second-order valence-corrected chi connectivity index (χ2v) is 6.35. The maximum atomic E-state index is 12.6. The molecule has 0 unspecified atom stereocenters. The van der Waals surface area contributed by atoms with Crippen molar-refractivity contribution in [1.82, 2.24) is 15.6 Å². The zero-order chi connectivity index (χ0) is 21.6. The maximum absolute atomic E-state index is 12.6. The molecular formula is C20H24N4O5. The highest BCUT2D eigenvalue weighted by atomic mass is 16.5. The van der Waals surface area contributed by atoms with Gasteiger partial charge in [-0.25, -0.2) is 4.79 Å². The van der Waals surface area contributed by atoms with Crippen LogP contribution in [0.5, 0.6) is 0 Å². The van der Waals surface area contributed by atoms with E-state index in [0.29, 0.717) is 34.5 Å². The van der Waals surface area contributed by atoms with E-state index in [-0.39, 0.29) is 19.0 Å². The Morgan fingerprint density at radius 3 is 2.28 bits per heavy atom. The minimum absolute atomic E-state index is 0.232. The summed E-state index contributed by atoms with van der Waals surface area (Å²) in [5.74, 6) is -1.88. The van der Waals surface area contributed by atoms with Gasteiger partial charge < -0.3 is 26.1 Å². The summed E-state index contributed by atoms with van der Waals surface area (Å²) in [6.07, 6.45) is 0.553. The summed E-state index contributed by atoms with van der Waals surface area (Å²) in [6.45, 7) is 3.56. The molecule has 5 N–H and O–H groups in total. The van der Waals surface area contributed by atoms with Crippen molar-refractivity contribution in [2.45, 2.75) is 26.8 Å². The van der Waals surface area contributed by atoms with Crippen LogP contribution in [-0.4, -0.2) is 42.3 Å². The van der Waals surface area contributed by atoms with E-state index in [1.165, 1.54) is 7.11 Å². The molecule has 0 aliphatic heterocycles. The predicted molar refractivity (Wildman–Crippen MR) is 105 cm³/mol. The molecule has 0 spiro atoms. The number of methoxy groups -OCH3 is 1. The number of benzene rings is 1. The van der Waals surface area contributed by atoms with Crippen LogP contribution >= 0.6 is 0 Å². The SMILES string of the molecule is CCc1[nH]c(C(=O)NCc2ccc(C(=O)NCC(N)=O)cc2)c(C)c1C(=O)OC. The third kappa shape index (κ3) is 5.22. The second-order valence-electron chi connectivity index (χ2n) is 6.35. The number of carbonyl (C=O) groups excluding carboxylic acids is 4. The first-order valence-electron chi connectivity index (χ1n) is 9.01. The van der Waals surface area contributed by atoms with Crippen molar-refractivity contribution in [2.24, 2.45) is 5.73 Å². The van der Waals surface area contributed by atoms with E-state index in [1.54, 1.807) is 31.2 Å². The lowest BCUT2D eigenvalue weighted by Crippen LogP contribution is -2.33. The fraction of sp³-hybridized carbons (Fsp3) is 0.300. The number of H-pyrrole nitrogens is 1. The number of amides is 3. The second kappa shape index (κ2) is 9.54. The van der Waals surface area contributed by atoms with Crippen LogP contribution in [0.25, 0.3) is 0 Å². The first-order valence-corrected chi connectivity index (χ1v) is 9.01. The lowest BCUT2D eigenvalue weighted by molar-refractivity contribution is -0.117. The summed E-state index contributed by atoms with van der Waals surface area (Å²) < 4.78 is 4.79. The largest absolute Gasteiger partial charge is 0.465 e. The number of rotatable bonds is 8. The first kappa shape index (κ1) is 21.7. The van der Waals surface area contributed by atoms with E-state index in [0.717, 1.165) is 5.56 Å². The van der Waals surface area contributed by atoms with Crippen LogP contribution < -0.4 is 16.4 Å². The van der Waals surface area contributed by atoms with Crippen LogP contribution in [-0.2, 0) is 22.5 Å². The number of hydrogen-bond donors (Lipinski definition) is 4. The highest BCUT2D eigenvalue weighted by Crippen LogP contribution is 2.20. The number of aromatic nitrogens is 1. The number of ether oxygens (including phenoxy) is 1. The first-order chi connectivity index (χ1) is 13.8. The fourth-order valence-corrected chi connectivity index (χ4v) is 2.84. The molecule has 0 saturated heterocycles. The zero-order valence-corrected chi connectivity index (χ0v) is 16.5. The molecule has 1 heterocycles. The number of hydrogen-bond acceptors (Lipinski definition) is 5. The molecule has 9 nitrogen and oxygen atoms in total. The Kier molecular flexibility index (Phi) is 7.13. The van der Waals surface area contributed by atoms with Crippen LogP contribution in [0.3, 0.4) is 0 Å². The molecule has 0 radical (unpaired) electrons. The average molecular weight is 400 g/mol. The molecule has 154 valence electrons. The molecule has 9 heteroatoms. The highest BCUT2D eigenvalue weighted by Gasteiger charge is 2.23. The Morgan fingerprint density at radius 2 is 1.72 bits per heavy atom. The number of esters is 1. The molecule has 1 aromatic carbocycles. The minimum atomic E-state index is -0.626. The molecule has 0 aliphatic rings. The van der Waals surface area contributed by atoms with Gasteiger partial charge in [-0.05, 0) is 36.6 Å². The van der Waals surface area contributed by atoms with E-state index in [1.807, 2.05) is 6.92 Å². The van der Waals surface area contributed by atoms with E-state index >= 15 is 0 Å². The molecule has 0 atom stereocenters. The van der Waals surface area contributed by atoms with Gasteiger partial charge in [0.25, 0.3) is 11.8 Å². The van der Waals surface area contributed by atoms with Crippen LogP contribution in [0.4, 0.5) is 0 Å². The standard InChI is InChI=1S/C20H24N4O5/c1-4-14-16(20(28)29-3)11(2)17(24-14)19(27)22-9-12-5-7-13(8-6-12)18(26)23-10-15(21)25/h5-8,24H,4,9-10H2,1-3H3,(H2,21,25)(H,22,27)(H,23,26). The van der Waals surface area contributed by atoms with Crippen molar-refractivity contribution in [3.8, 4) is 0 Å². The van der Waals surface area contributed by atoms with Gasteiger partial charge in [-0.15, -0.1) is 0 Å². The third-order valence-corrected chi connectivity index (χ3v) is 4.39. The van der Waals surface area contributed by atoms with Crippen molar-refractivity contribution in [3.05, 3.63) is 57.9 Å². The molecule has 29 heavy (non-hydrogen) atoms. The van der Waals surface area contributed by atoms with Crippen LogP contribution in [0, 0.1) is 6.92 Å². The number of aromatic amines is 1. The Hall–Kier alpha value is -3.62. The lowest BCUT2D eigenvalue weighted by atomic mass is 10.1. The number of aryl methyl sites for hydroxylation is 1. The van der Waals surface area contributed by atoms with Crippen molar-refractivity contribution in [1.29, 1.82) is 0 Å². The summed E-state index contributed by atoms with van der Waals surface area (Å²) in [7, 11) is 1.30. The van der Waals surface area contributed by atoms with Gasteiger partial charge in [-0.2, -0.15) is 0 Å². The summed E-state index contributed by atoms with van der Waals surface area (Å²) in [4.78, 5) is 50.1. The number of nitrogens with two attached hydrogens (primary N) is 1.